The first-order chi connectivity index (χ1) is 11.8. The van der Waals surface area contributed by atoms with E-state index in [2.05, 4.69) is 44.3 Å². The molecule has 1 saturated carbocycles. The van der Waals surface area contributed by atoms with E-state index in [0.29, 0.717) is 12.1 Å². The zero-order valence-electron chi connectivity index (χ0n) is 15.2. The molecule has 3 rings (SSSR count). The summed E-state index contributed by atoms with van der Waals surface area (Å²) >= 11 is 3.87. The van der Waals surface area contributed by atoms with Crippen LogP contribution in [0.2, 0.25) is 0 Å². The molecule has 3 atom stereocenters. The highest BCUT2D eigenvalue weighted by Crippen LogP contribution is 2.29. The summed E-state index contributed by atoms with van der Waals surface area (Å²) in [5, 5.41) is 10.2. The molecule has 4 nitrogen and oxygen atoms in total. The number of hydrogen-bond donors (Lipinski definition) is 2. The fourth-order valence-corrected chi connectivity index (χ4v) is 5.47. The molecule has 1 aromatic heterocycles. The molecule has 2 N–H and O–H groups in total. The third-order valence-electron chi connectivity index (χ3n) is 5.20. The van der Waals surface area contributed by atoms with E-state index in [0.717, 1.165) is 17.8 Å². The van der Waals surface area contributed by atoms with Gasteiger partial charge in [-0.1, -0.05) is 6.07 Å². The maximum absolute atomic E-state index is 4.45. The van der Waals surface area contributed by atoms with Gasteiger partial charge in [0.25, 0.3) is 0 Å². The largest absolute Gasteiger partial charge is 0.354 e. The summed E-state index contributed by atoms with van der Waals surface area (Å²) in [7, 11) is 1.88. The van der Waals surface area contributed by atoms with Crippen molar-refractivity contribution in [1.29, 1.82) is 0 Å². The highest BCUT2D eigenvalue weighted by molar-refractivity contribution is 14.0. The Bertz CT molecular complexity index is 517. The van der Waals surface area contributed by atoms with E-state index in [1.807, 2.05) is 30.1 Å². The normalized spacial score (nSPS) is 25.6. The lowest BCUT2D eigenvalue weighted by Crippen LogP contribution is -2.45. The van der Waals surface area contributed by atoms with Crippen molar-refractivity contribution >= 4 is 53.0 Å². The Morgan fingerprint density at radius 1 is 1.40 bits per heavy atom. The molecule has 0 bridgehead atoms. The van der Waals surface area contributed by atoms with Crippen molar-refractivity contribution in [2.75, 3.05) is 32.9 Å². The van der Waals surface area contributed by atoms with Crippen LogP contribution < -0.4 is 10.6 Å². The lowest BCUT2D eigenvalue weighted by molar-refractivity contribution is 0.249. The predicted molar refractivity (Wildman–Crippen MR) is 123 cm³/mol. The maximum Gasteiger partial charge on any atom is 0.191 e. The van der Waals surface area contributed by atoms with E-state index < -0.39 is 0 Å². The number of rotatable bonds is 6. The summed E-state index contributed by atoms with van der Waals surface area (Å²) in [6, 6.07) is 5.47. The number of nitrogens with one attached hydrogen (secondary N) is 2. The highest BCUT2D eigenvalue weighted by Gasteiger charge is 2.26. The molecule has 7 heteroatoms. The van der Waals surface area contributed by atoms with Gasteiger partial charge in [0, 0.05) is 29.8 Å². The van der Waals surface area contributed by atoms with Crippen LogP contribution in [0.3, 0.4) is 0 Å². The van der Waals surface area contributed by atoms with Crippen LogP contribution in [0.25, 0.3) is 0 Å². The lowest BCUT2D eigenvalue weighted by Gasteiger charge is -2.28. The zero-order chi connectivity index (χ0) is 16.8. The van der Waals surface area contributed by atoms with Crippen molar-refractivity contribution in [3.8, 4) is 0 Å². The lowest BCUT2D eigenvalue weighted by atomic mass is 10.2. The van der Waals surface area contributed by atoms with Gasteiger partial charge in [0.15, 0.2) is 5.96 Å². The minimum absolute atomic E-state index is 0. The van der Waals surface area contributed by atoms with Gasteiger partial charge < -0.3 is 10.6 Å². The molecule has 0 aromatic carbocycles. The Morgan fingerprint density at radius 3 is 2.80 bits per heavy atom. The summed E-state index contributed by atoms with van der Waals surface area (Å²) in [6.07, 6.45) is 8.71. The summed E-state index contributed by atoms with van der Waals surface area (Å²) in [5.41, 5.74) is 0. The van der Waals surface area contributed by atoms with E-state index in [-0.39, 0.29) is 24.0 Å². The van der Waals surface area contributed by atoms with Crippen LogP contribution in [0.4, 0.5) is 0 Å². The van der Waals surface area contributed by atoms with E-state index in [4.69, 9.17) is 0 Å². The van der Waals surface area contributed by atoms with Gasteiger partial charge in [-0.2, -0.15) is 11.8 Å². The average Bonchev–Trinajstić information content (AvgIpc) is 3.36. The van der Waals surface area contributed by atoms with Gasteiger partial charge in [0.2, 0.25) is 0 Å². The standard InChI is InChI=1S/C18H30N4S2.HI/c1-19-18(21-14-7-8-15(12-14)23-2)20-13-16(17-6-5-11-24-17)22-9-3-4-10-22;/h5-6,11,14-16H,3-4,7-10,12-13H2,1-2H3,(H2,19,20,21);1H. The van der Waals surface area contributed by atoms with Crippen LogP contribution in [0, 0.1) is 0 Å². The molecule has 3 unspecified atom stereocenters. The first-order valence-corrected chi connectivity index (χ1v) is 11.2. The number of guanidine groups is 1. The molecule has 1 aromatic rings. The number of likely N-dealkylation sites (tertiary alicyclic amines) is 1. The third kappa shape index (κ3) is 6.01. The van der Waals surface area contributed by atoms with Crippen LogP contribution in [0.5, 0.6) is 0 Å². The van der Waals surface area contributed by atoms with Crippen molar-refractivity contribution in [3.05, 3.63) is 22.4 Å². The second-order valence-electron chi connectivity index (χ2n) is 6.74. The SMILES string of the molecule is CN=C(NCC(c1cccs1)N1CCCC1)NC1CCC(SC)C1.I. The van der Waals surface area contributed by atoms with Gasteiger partial charge in [0.05, 0.1) is 6.04 Å². The van der Waals surface area contributed by atoms with Crippen molar-refractivity contribution in [3.63, 3.8) is 0 Å². The van der Waals surface area contributed by atoms with Crippen molar-refractivity contribution in [1.82, 2.24) is 15.5 Å². The first kappa shape index (κ1) is 21.3. The topological polar surface area (TPSA) is 39.7 Å². The first-order valence-electron chi connectivity index (χ1n) is 9.07. The van der Waals surface area contributed by atoms with Gasteiger partial charge in [-0.3, -0.25) is 9.89 Å². The Kier molecular flexibility index (Phi) is 9.37. The summed E-state index contributed by atoms with van der Waals surface area (Å²) in [6.45, 7) is 3.36. The summed E-state index contributed by atoms with van der Waals surface area (Å²) in [4.78, 5) is 8.53. The third-order valence-corrected chi connectivity index (χ3v) is 7.27. The molecule has 1 saturated heterocycles. The quantitative estimate of drug-likeness (QED) is 0.357. The highest BCUT2D eigenvalue weighted by atomic mass is 127. The molecule has 2 heterocycles. The smallest absolute Gasteiger partial charge is 0.191 e. The van der Waals surface area contributed by atoms with E-state index >= 15 is 0 Å². The molecule has 1 aliphatic carbocycles. The molecule has 0 radical (unpaired) electrons. The van der Waals surface area contributed by atoms with Gasteiger partial charge in [-0.15, -0.1) is 35.3 Å². The van der Waals surface area contributed by atoms with Crippen LogP contribution in [0.15, 0.2) is 22.5 Å². The molecule has 25 heavy (non-hydrogen) atoms. The fourth-order valence-electron chi connectivity index (χ4n) is 3.81. The number of hydrogen-bond acceptors (Lipinski definition) is 4. The molecule has 0 spiro atoms. The Balaban J connectivity index is 0.00000225. The van der Waals surface area contributed by atoms with Gasteiger partial charge in [-0.25, -0.2) is 0 Å². The van der Waals surface area contributed by atoms with E-state index in [9.17, 15) is 0 Å². The predicted octanol–water partition coefficient (Wildman–Crippen LogP) is 3.95. The minimum Gasteiger partial charge on any atom is -0.354 e. The summed E-state index contributed by atoms with van der Waals surface area (Å²) in [5.74, 6) is 0.961. The molecule has 2 aliphatic rings. The monoisotopic (exact) mass is 494 g/mol. The second kappa shape index (κ2) is 11.0. The van der Waals surface area contributed by atoms with Crippen LogP contribution in [-0.4, -0.2) is 55.1 Å². The van der Waals surface area contributed by atoms with Crippen molar-refractivity contribution < 1.29 is 0 Å². The van der Waals surface area contributed by atoms with Crippen LogP contribution in [-0.2, 0) is 0 Å². The number of aliphatic imine (C=N–C) groups is 1. The minimum atomic E-state index is 0. The molecular formula is C18H31IN4S2. The van der Waals surface area contributed by atoms with Gasteiger partial charge in [-0.05, 0) is 62.9 Å². The summed E-state index contributed by atoms with van der Waals surface area (Å²) < 4.78 is 0. The molecule has 0 amide bonds. The van der Waals surface area contributed by atoms with Crippen molar-refractivity contribution in [2.24, 2.45) is 4.99 Å². The van der Waals surface area contributed by atoms with Crippen molar-refractivity contribution in [2.45, 2.75) is 49.4 Å². The van der Waals surface area contributed by atoms with Gasteiger partial charge in [0.1, 0.15) is 0 Å². The van der Waals surface area contributed by atoms with E-state index in [1.54, 1.807) is 0 Å². The molecular weight excluding hydrogens is 463 g/mol. The maximum atomic E-state index is 4.45. The Hall–Kier alpha value is 0.01000. The van der Waals surface area contributed by atoms with Gasteiger partial charge >= 0.3 is 0 Å². The fraction of sp³-hybridized carbons (Fsp3) is 0.722. The number of nitrogens with zero attached hydrogens (tertiary/aromatic N) is 2. The van der Waals surface area contributed by atoms with Crippen LogP contribution in [0.1, 0.15) is 43.0 Å². The van der Waals surface area contributed by atoms with Crippen LogP contribution >= 0.6 is 47.1 Å². The average molecular weight is 495 g/mol. The second-order valence-corrected chi connectivity index (χ2v) is 8.86. The molecule has 2 fully saturated rings. The zero-order valence-corrected chi connectivity index (χ0v) is 19.2. The Morgan fingerprint density at radius 2 is 2.20 bits per heavy atom. The number of halogens is 1. The molecule has 142 valence electrons. The van der Waals surface area contributed by atoms with E-state index in [1.165, 1.54) is 50.1 Å². The molecule has 1 aliphatic heterocycles. The Labute approximate surface area is 177 Å². The number of thioether (sulfide) groups is 1. The number of thiophene rings is 1.